The number of rotatable bonds is 2. The molecule has 28 heavy (non-hydrogen) atoms. The standard InChI is InChI=1S/C16H10BrF4N5O2/c1-24-10(27)6-26-13(28)11-12(23-15(24)26)25(14(17)22-11)5-7-4-8(16(19,20)21)2-3-9(7)18/h2-4H,5-6H2,1H3. The van der Waals surface area contributed by atoms with Crippen molar-refractivity contribution in [2.45, 2.75) is 19.3 Å². The first-order chi connectivity index (χ1) is 13.1. The Bertz CT molecular complexity index is 1200. The van der Waals surface area contributed by atoms with Gasteiger partial charge < -0.3 is 0 Å². The van der Waals surface area contributed by atoms with Crippen molar-refractivity contribution in [3.8, 4) is 0 Å². The summed E-state index contributed by atoms with van der Waals surface area (Å²) in [5.41, 5.74) is -1.86. The first-order valence-electron chi connectivity index (χ1n) is 7.86. The highest BCUT2D eigenvalue weighted by molar-refractivity contribution is 9.10. The van der Waals surface area contributed by atoms with Crippen LogP contribution in [0.4, 0.5) is 23.5 Å². The number of anilines is 1. The number of carbonyl (C=O) groups excluding carboxylic acids is 1. The van der Waals surface area contributed by atoms with Gasteiger partial charge in [0.25, 0.3) is 5.56 Å². The fraction of sp³-hybridized carbons (Fsp3) is 0.250. The Morgan fingerprint density at radius 1 is 1.21 bits per heavy atom. The Morgan fingerprint density at radius 3 is 2.61 bits per heavy atom. The van der Waals surface area contributed by atoms with Gasteiger partial charge in [0, 0.05) is 12.6 Å². The molecular formula is C16H10BrF4N5O2. The van der Waals surface area contributed by atoms with E-state index in [0.29, 0.717) is 12.1 Å². The number of imidazole rings is 1. The van der Waals surface area contributed by atoms with E-state index in [2.05, 4.69) is 25.9 Å². The van der Waals surface area contributed by atoms with Gasteiger partial charge in [-0.2, -0.15) is 18.2 Å². The van der Waals surface area contributed by atoms with Crippen LogP contribution in [0.2, 0.25) is 0 Å². The van der Waals surface area contributed by atoms with Gasteiger partial charge in [0.15, 0.2) is 15.9 Å². The monoisotopic (exact) mass is 459 g/mol. The Balaban J connectivity index is 1.87. The third-order valence-corrected chi connectivity index (χ3v) is 5.06. The van der Waals surface area contributed by atoms with Crippen molar-refractivity contribution in [1.29, 1.82) is 0 Å². The maximum Gasteiger partial charge on any atom is 0.416 e. The normalized spacial score (nSPS) is 14.2. The quantitative estimate of drug-likeness (QED) is 0.436. The van der Waals surface area contributed by atoms with E-state index >= 15 is 0 Å². The van der Waals surface area contributed by atoms with Crippen LogP contribution in [0.3, 0.4) is 0 Å². The molecule has 0 atom stereocenters. The molecule has 3 aromatic rings. The summed E-state index contributed by atoms with van der Waals surface area (Å²) >= 11 is 3.14. The van der Waals surface area contributed by atoms with Crippen molar-refractivity contribution in [3.05, 3.63) is 50.2 Å². The summed E-state index contributed by atoms with van der Waals surface area (Å²) in [6.07, 6.45) is -4.63. The molecule has 0 bridgehead atoms. The molecule has 1 aliphatic rings. The second kappa shape index (κ2) is 6.12. The number of hydrogen-bond donors (Lipinski definition) is 0. The number of nitrogens with zero attached hydrogens (tertiary/aromatic N) is 5. The van der Waals surface area contributed by atoms with E-state index in [4.69, 9.17) is 0 Å². The largest absolute Gasteiger partial charge is 0.416 e. The van der Waals surface area contributed by atoms with E-state index in [1.807, 2.05) is 0 Å². The van der Waals surface area contributed by atoms with E-state index in [1.165, 1.54) is 16.5 Å². The molecule has 0 saturated carbocycles. The minimum atomic E-state index is -4.63. The molecule has 2 aromatic heterocycles. The van der Waals surface area contributed by atoms with E-state index in [0.717, 1.165) is 10.6 Å². The van der Waals surface area contributed by atoms with E-state index < -0.39 is 23.1 Å². The predicted octanol–water partition coefficient (Wildman–Crippen LogP) is 2.54. The van der Waals surface area contributed by atoms with Crippen molar-refractivity contribution in [2.24, 2.45) is 0 Å². The third kappa shape index (κ3) is 2.79. The molecule has 0 aliphatic carbocycles. The zero-order chi connectivity index (χ0) is 20.4. The highest BCUT2D eigenvalue weighted by Crippen LogP contribution is 2.31. The van der Waals surface area contributed by atoms with Crippen LogP contribution in [0.15, 0.2) is 27.7 Å². The summed E-state index contributed by atoms with van der Waals surface area (Å²) in [6.45, 7) is -0.527. The van der Waals surface area contributed by atoms with E-state index in [-0.39, 0.29) is 46.4 Å². The summed E-state index contributed by atoms with van der Waals surface area (Å²) in [5, 5.41) is 0. The smallest absolute Gasteiger partial charge is 0.298 e. The summed E-state index contributed by atoms with van der Waals surface area (Å²) in [5.74, 6) is -1.10. The summed E-state index contributed by atoms with van der Waals surface area (Å²) in [6, 6.07) is 2.08. The number of likely N-dealkylation sites (N-methyl/N-ethyl adjacent to an activating group) is 1. The predicted molar refractivity (Wildman–Crippen MR) is 93.4 cm³/mol. The molecule has 1 aromatic carbocycles. The second-order valence-electron chi connectivity index (χ2n) is 6.20. The number of hydrogen-bond acceptors (Lipinski definition) is 4. The molecule has 3 heterocycles. The molecule has 0 radical (unpaired) electrons. The number of aromatic nitrogens is 4. The van der Waals surface area contributed by atoms with Gasteiger partial charge in [-0.15, -0.1) is 0 Å². The summed E-state index contributed by atoms with van der Waals surface area (Å²) in [7, 11) is 1.45. The Labute approximate surface area is 162 Å². The molecule has 0 fully saturated rings. The third-order valence-electron chi connectivity index (χ3n) is 4.46. The van der Waals surface area contributed by atoms with Gasteiger partial charge in [0.05, 0.1) is 12.1 Å². The van der Waals surface area contributed by atoms with Crippen molar-refractivity contribution in [2.75, 3.05) is 11.9 Å². The lowest BCUT2D eigenvalue weighted by molar-refractivity contribution is -0.137. The lowest BCUT2D eigenvalue weighted by Gasteiger charge is -2.12. The molecule has 4 rings (SSSR count). The molecular weight excluding hydrogens is 450 g/mol. The van der Waals surface area contributed by atoms with Gasteiger partial charge in [-0.25, -0.2) is 9.37 Å². The number of fused-ring (bicyclic) bond motifs is 2. The Kier molecular flexibility index (Phi) is 4.07. The highest BCUT2D eigenvalue weighted by atomic mass is 79.9. The second-order valence-corrected chi connectivity index (χ2v) is 6.91. The molecule has 1 amide bonds. The van der Waals surface area contributed by atoms with Crippen molar-refractivity contribution in [3.63, 3.8) is 0 Å². The maximum atomic E-state index is 14.1. The van der Waals surface area contributed by atoms with Gasteiger partial charge in [0.1, 0.15) is 12.4 Å². The van der Waals surface area contributed by atoms with Crippen LogP contribution in [0.25, 0.3) is 11.2 Å². The van der Waals surface area contributed by atoms with E-state index in [1.54, 1.807) is 0 Å². The first kappa shape index (κ1) is 18.6. The minimum absolute atomic E-state index is 0.0292. The molecule has 0 unspecified atom stereocenters. The molecule has 0 N–H and O–H groups in total. The van der Waals surface area contributed by atoms with Crippen molar-refractivity contribution < 1.29 is 22.4 Å². The SMILES string of the molecule is CN1C(=O)Cn2c1nc1c(nc(Br)n1Cc1cc(C(F)(F)F)ccc1F)c2=O. The summed E-state index contributed by atoms with van der Waals surface area (Å²) in [4.78, 5) is 33.9. The first-order valence-corrected chi connectivity index (χ1v) is 8.66. The van der Waals surface area contributed by atoms with Crippen LogP contribution >= 0.6 is 15.9 Å². The minimum Gasteiger partial charge on any atom is -0.298 e. The van der Waals surface area contributed by atoms with Crippen molar-refractivity contribution >= 4 is 38.9 Å². The Hall–Kier alpha value is -2.76. The van der Waals surface area contributed by atoms with Crippen LogP contribution in [-0.2, 0) is 24.1 Å². The lowest BCUT2D eigenvalue weighted by atomic mass is 10.1. The summed E-state index contributed by atoms with van der Waals surface area (Å²) < 4.78 is 55.5. The zero-order valence-electron chi connectivity index (χ0n) is 14.1. The maximum absolute atomic E-state index is 14.1. The fourth-order valence-electron chi connectivity index (χ4n) is 2.98. The van der Waals surface area contributed by atoms with Gasteiger partial charge in [-0.3, -0.25) is 23.6 Å². The lowest BCUT2D eigenvalue weighted by Crippen LogP contribution is -2.22. The van der Waals surface area contributed by atoms with Gasteiger partial charge in [-0.05, 0) is 34.1 Å². The Morgan fingerprint density at radius 2 is 1.93 bits per heavy atom. The van der Waals surface area contributed by atoms with Gasteiger partial charge >= 0.3 is 6.18 Å². The average molecular weight is 460 g/mol. The number of amides is 1. The van der Waals surface area contributed by atoms with E-state index in [9.17, 15) is 27.2 Å². The topological polar surface area (TPSA) is 73.0 Å². The van der Waals surface area contributed by atoms with Crippen LogP contribution in [0, 0.1) is 5.82 Å². The molecule has 146 valence electrons. The fourth-order valence-corrected chi connectivity index (χ4v) is 3.45. The number of benzene rings is 1. The van der Waals surface area contributed by atoms with Crippen LogP contribution < -0.4 is 10.5 Å². The number of carbonyl (C=O) groups is 1. The van der Waals surface area contributed by atoms with Crippen LogP contribution in [0.1, 0.15) is 11.1 Å². The van der Waals surface area contributed by atoms with Crippen LogP contribution in [0.5, 0.6) is 0 Å². The highest BCUT2D eigenvalue weighted by Gasteiger charge is 2.32. The molecule has 7 nitrogen and oxygen atoms in total. The van der Waals surface area contributed by atoms with Gasteiger partial charge in [0.2, 0.25) is 11.9 Å². The average Bonchev–Trinajstić information content (AvgIpc) is 3.08. The molecule has 0 spiro atoms. The van der Waals surface area contributed by atoms with Crippen molar-refractivity contribution in [1.82, 2.24) is 19.1 Å². The van der Waals surface area contributed by atoms with Crippen LogP contribution in [-0.4, -0.2) is 32.1 Å². The number of halogens is 5. The molecule has 12 heteroatoms. The molecule has 0 saturated heterocycles. The zero-order valence-corrected chi connectivity index (χ0v) is 15.7. The molecule has 1 aliphatic heterocycles. The number of alkyl halides is 3. The van der Waals surface area contributed by atoms with Gasteiger partial charge in [-0.1, -0.05) is 0 Å².